The first-order chi connectivity index (χ1) is 53.5. The van der Waals surface area contributed by atoms with Crippen molar-refractivity contribution in [2.75, 3.05) is 45.2 Å². The van der Waals surface area contributed by atoms with E-state index in [1.165, 1.54) is 22.1 Å². The third-order valence-corrected chi connectivity index (χ3v) is 22.2. The third-order valence-electron chi connectivity index (χ3n) is 20.4. The van der Waals surface area contributed by atoms with Crippen LogP contribution in [0.2, 0.25) is 30.1 Å². The molecule has 4 aromatic heterocycles. The van der Waals surface area contributed by atoms with E-state index in [0.717, 1.165) is 125 Å². The lowest BCUT2D eigenvalue weighted by Crippen LogP contribution is -2.51. The van der Waals surface area contributed by atoms with Crippen LogP contribution in [-0.4, -0.2) is 115 Å². The Labute approximate surface area is 672 Å². The maximum absolute atomic E-state index is 13.5. The lowest BCUT2D eigenvalue weighted by molar-refractivity contribution is -0.135. The number of carbonyl (C=O) groups is 4. The van der Waals surface area contributed by atoms with Crippen LogP contribution >= 0.6 is 69.6 Å². The summed E-state index contributed by atoms with van der Waals surface area (Å²) in [6.45, 7) is 11.7. The Hall–Kier alpha value is -10.3. The Kier molecular flexibility index (Phi) is 23.3. The number of anilines is 1. The monoisotopic (exact) mass is 1600 g/mol. The van der Waals surface area contributed by atoms with E-state index in [0.29, 0.717) is 64.2 Å². The normalized spacial score (nSPS) is 16.6. The van der Waals surface area contributed by atoms with Gasteiger partial charge in [0.25, 0.3) is 0 Å². The van der Waals surface area contributed by atoms with Crippen molar-refractivity contribution < 1.29 is 38.5 Å². The minimum atomic E-state index is -0.726. The highest BCUT2D eigenvalue weighted by molar-refractivity contribution is 6.42. The Morgan fingerprint density at radius 2 is 0.982 bits per heavy atom. The van der Waals surface area contributed by atoms with E-state index in [1.54, 1.807) is 64.8 Å². The van der Waals surface area contributed by atoms with Crippen molar-refractivity contribution in [1.82, 2.24) is 45.3 Å². The summed E-state index contributed by atoms with van der Waals surface area (Å²) in [6.07, 6.45) is 2.17. The van der Waals surface area contributed by atoms with Gasteiger partial charge in [0.05, 0.1) is 41.9 Å². The highest BCUT2D eigenvalue weighted by atomic mass is 35.5. The van der Waals surface area contributed by atoms with E-state index in [1.807, 2.05) is 192 Å². The number of rotatable bonds is 9. The van der Waals surface area contributed by atoms with Crippen LogP contribution < -0.4 is 20.7 Å². The number of ether oxygens (including phenoxy) is 3. The number of halogens is 6. The Bertz CT molecular complexity index is 5610. The summed E-state index contributed by atoms with van der Waals surface area (Å²) in [4.78, 5) is 71.0. The zero-order chi connectivity index (χ0) is 77.9. The summed E-state index contributed by atoms with van der Waals surface area (Å²) in [5.41, 5.74) is 17.0. The fraction of sp³-hybridized carbons (Fsp3) is 0.241. The standard InChI is InChI=1S/C25H28ClN3O3.C25H22ClN3O2.C20H19ClN2O3.C17H13Cl3N2/c1-15(27-24(31)32-25(2,3)4)23(30)29-13-12-18-19-14-17(26)10-11-20(19)28-21(18)22(29)16-8-6-5-7-9-16;1-31-19-10-7-16(8-11-19)24-23-20(21-15-17(26)9-12-22(21)28-23)13-14-29(24)25(30)27-18-5-3-2-4-6-18;1-2-26-20(25)23-9-8-15-16-11-13(21)6-7-17(16)22-18(15)19(23)12-4-3-5-14(24)10-12;18-9-4-5-14-12(8-9)10-6-7-21-16(17(10)22-14)11-2-1-3-13(19)15(11)20/h5-11,14-15,22,28H,12-13H2,1-4H3,(H,27,31);2-12,15,24,28H,13-14H2,1H3,(H,27,30);3-7,10-11,19,22,24H,2,8-9H2,1H3;1-5,8,16,21-22H,6-7H2/t15-,22?;;;/m0.../s1. The molecule has 570 valence electrons. The molecule has 0 saturated carbocycles. The van der Waals surface area contributed by atoms with E-state index >= 15 is 0 Å². The predicted molar refractivity (Wildman–Crippen MR) is 444 cm³/mol. The van der Waals surface area contributed by atoms with Crippen molar-refractivity contribution >= 4 is 143 Å². The second kappa shape index (κ2) is 33.3. The maximum atomic E-state index is 13.5. The quantitative estimate of drug-likeness (QED) is 0.0687. The summed E-state index contributed by atoms with van der Waals surface area (Å²) >= 11 is 37.4. The molecule has 5 atom stereocenters. The zero-order valence-corrected chi connectivity index (χ0v) is 66.3. The molecular formula is C87H82Cl6N10O8. The van der Waals surface area contributed by atoms with Gasteiger partial charge in [0.2, 0.25) is 5.91 Å². The van der Waals surface area contributed by atoms with Crippen LogP contribution in [0.25, 0.3) is 43.6 Å². The summed E-state index contributed by atoms with van der Waals surface area (Å²) in [5, 5.41) is 27.6. The molecule has 8 heterocycles. The number of hydrogen-bond acceptors (Lipinski definition) is 9. The topological polar surface area (TPSA) is 225 Å². The summed E-state index contributed by atoms with van der Waals surface area (Å²) < 4.78 is 15.9. The van der Waals surface area contributed by atoms with Gasteiger partial charge in [0, 0.05) is 118 Å². The molecule has 0 spiro atoms. The largest absolute Gasteiger partial charge is 0.508 e. The number of benzene rings is 9. The van der Waals surface area contributed by atoms with Crippen molar-refractivity contribution in [3.05, 3.63) is 298 Å². The molecule has 8 N–H and O–H groups in total. The van der Waals surface area contributed by atoms with Gasteiger partial charge >= 0.3 is 18.2 Å². The Morgan fingerprint density at radius 3 is 1.50 bits per heavy atom. The van der Waals surface area contributed by atoms with E-state index in [4.69, 9.17) is 83.8 Å². The predicted octanol–water partition coefficient (Wildman–Crippen LogP) is 21.2. The first-order valence-corrected chi connectivity index (χ1v) is 39.0. The number of aromatic amines is 4. The molecule has 18 nitrogen and oxygen atoms in total. The van der Waals surface area contributed by atoms with Gasteiger partial charge in [-0.25, -0.2) is 14.4 Å². The number of aromatic nitrogens is 4. The van der Waals surface area contributed by atoms with Gasteiger partial charge in [-0.1, -0.05) is 155 Å². The number of para-hydroxylation sites is 1. The molecule has 4 aliphatic rings. The van der Waals surface area contributed by atoms with Crippen molar-refractivity contribution in [1.29, 1.82) is 0 Å². The molecular weight excluding hydrogens is 1530 g/mol. The number of methoxy groups -OCH3 is 1. The lowest BCUT2D eigenvalue weighted by atomic mass is 9.92. The number of alkyl carbamates (subject to hydrolysis) is 1. The second-order valence-corrected chi connectivity index (χ2v) is 31.2. The van der Waals surface area contributed by atoms with Crippen LogP contribution in [0.4, 0.5) is 20.1 Å². The number of amides is 5. The average molecular weight is 1610 g/mol. The molecule has 0 fully saturated rings. The zero-order valence-electron chi connectivity index (χ0n) is 61.7. The Balaban J connectivity index is 0.000000124. The van der Waals surface area contributed by atoms with Crippen molar-refractivity contribution in [3.63, 3.8) is 0 Å². The summed E-state index contributed by atoms with van der Waals surface area (Å²) in [5.74, 6) is 0.785. The van der Waals surface area contributed by atoms with Crippen molar-refractivity contribution in [2.24, 2.45) is 0 Å². The van der Waals surface area contributed by atoms with Gasteiger partial charge < -0.3 is 65.0 Å². The minimum absolute atomic E-state index is 0.0149. The number of carbonyl (C=O) groups excluding carboxylic acids is 4. The number of fused-ring (bicyclic) bond motifs is 12. The fourth-order valence-corrected chi connectivity index (χ4v) is 16.6. The van der Waals surface area contributed by atoms with Crippen molar-refractivity contribution in [2.45, 2.75) is 96.1 Å². The third kappa shape index (κ3) is 16.7. The number of phenolic OH excluding ortho intramolecular Hbond substituents is 1. The minimum Gasteiger partial charge on any atom is -0.508 e. The van der Waals surface area contributed by atoms with Crippen LogP contribution in [-0.2, 0) is 40.0 Å². The first-order valence-electron chi connectivity index (χ1n) is 36.7. The fourth-order valence-electron chi connectivity index (χ4n) is 15.5. The molecule has 5 amide bonds. The van der Waals surface area contributed by atoms with Crippen LogP contribution in [0.15, 0.2) is 200 Å². The van der Waals surface area contributed by atoms with E-state index in [2.05, 4.69) is 35.9 Å². The van der Waals surface area contributed by atoms with Gasteiger partial charge in [-0.2, -0.15) is 0 Å². The summed E-state index contributed by atoms with van der Waals surface area (Å²) in [6, 6.07) is 61.7. The van der Waals surface area contributed by atoms with Crippen LogP contribution in [0.5, 0.6) is 11.5 Å². The van der Waals surface area contributed by atoms with Gasteiger partial charge in [0.1, 0.15) is 29.2 Å². The SMILES string of the molecule is CCOC(=O)N1CCc2c([nH]c3ccc(Cl)cc23)C1c1cccc(O)c1.COc1ccc(C2c3[nH]c4ccc(Cl)cc4c3CCN2C(=O)Nc2ccccc2)cc1.C[C@H](NC(=O)OC(C)(C)C)C(=O)N1CCc2c([nH]c3ccc(Cl)cc23)C1c1ccccc1.Clc1ccc2[nH]c3c(c2c1)CCNC3c1cccc(Cl)c1Cl. The number of nitrogens with zero attached hydrogens (tertiary/aromatic N) is 3. The summed E-state index contributed by atoms with van der Waals surface area (Å²) in [7, 11) is 1.65. The van der Waals surface area contributed by atoms with Gasteiger partial charge in [-0.3, -0.25) is 9.69 Å². The molecule has 0 bridgehead atoms. The molecule has 9 aromatic carbocycles. The van der Waals surface area contributed by atoms with Crippen LogP contribution in [0, 0.1) is 0 Å². The number of aromatic hydroxyl groups is 1. The van der Waals surface area contributed by atoms with Crippen LogP contribution in [0.3, 0.4) is 0 Å². The lowest BCUT2D eigenvalue weighted by Gasteiger charge is -2.37. The first kappa shape index (κ1) is 77.4. The maximum Gasteiger partial charge on any atom is 0.410 e. The number of nitrogens with one attached hydrogen (secondary N) is 7. The number of urea groups is 1. The smallest absolute Gasteiger partial charge is 0.410 e. The molecule has 111 heavy (non-hydrogen) atoms. The molecule has 0 radical (unpaired) electrons. The molecule has 4 unspecified atom stereocenters. The number of hydrogen-bond donors (Lipinski definition) is 8. The molecule has 13 aromatic rings. The van der Waals surface area contributed by atoms with E-state index in [-0.39, 0.29) is 47.9 Å². The van der Waals surface area contributed by atoms with Gasteiger partial charge in [0.15, 0.2) is 0 Å². The number of H-pyrrole nitrogens is 4. The van der Waals surface area contributed by atoms with E-state index in [9.17, 15) is 24.3 Å². The molecule has 0 aliphatic carbocycles. The number of phenols is 1. The van der Waals surface area contributed by atoms with Crippen LogP contribution in [0.1, 0.15) is 126 Å². The average Bonchev–Trinajstić information content (AvgIpc) is 1.64. The highest BCUT2D eigenvalue weighted by Gasteiger charge is 2.40. The highest BCUT2D eigenvalue weighted by Crippen LogP contribution is 2.45. The second-order valence-electron chi connectivity index (χ2n) is 28.6. The molecule has 4 aliphatic heterocycles. The molecule has 24 heteroatoms. The molecule has 0 saturated heterocycles. The Morgan fingerprint density at radius 1 is 0.523 bits per heavy atom. The van der Waals surface area contributed by atoms with Gasteiger partial charge in [-0.15, -0.1) is 0 Å². The van der Waals surface area contributed by atoms with Gasteiger partial charge in [-0.05, 0) is 220 Å². The van der Waals surface area contributed by atoms with E-state index < -0.39 is 17.7 Å². The van der Waals surface area contributed by atoms with Crippen molar-refractivity contribution in [3.8, 4) is 11.5 Å². The molecule has 17 rings (SSSR count).